The number of aliphatic hydroxyl groups excluding tert-OH is 1. The van der Waals surface area contributed by atoms with Crippen LogP contribution >= 0.6 is 0 Å². The number of hydrogen-bond acceptors (Lipinski definition) is 5. The van der Waals surface area contributed by atoms with Crippen LogP contribution in [0.4, 0.5) is 4.79 Å². The predicted octanol–water partition coefficient (Wildman–Crippen LogP) is 1.96. The van der Waals surface area contributed by atoms with E-state index in [-0.39, 0.29) is 30.5 Å². The lowest BCUT2D eigenvalue weighted by molar-refractivity contribution is 0.103. The molecule has 0 radical (unpaired) electrons. The van der Waals surface area contributed by atoms with Crippen molar-refractivity contribution in [2.24, 2.45) is 5.92 Å². The first-order valence-electron chi connectivity index (χ1n) is 7.80. The third-order valence-electron chi connectivity index (χ3n) is 3.58. The summed E-state index contributed by atoms with van der Waals surface area (Å²) in [6.45, 7) is 10.4. The Morgan fingerprint density at radius 3 is 2.41 bits per heavy atom. The van der Waals surface area contributed by atoms with E-state index in [1.54, 1.807) is 0 Å². The van der Waals surface area contributed by atoms with E-state index in [2.05, 4.69) is 20.8 Å². The van der Waals surface area contributed by atoms with Crippen molar-refractivity contribution in [2.45, 2.75) is 65.5 Å². The molecule has 0 aliphatic heterocycles. The number of carbonyl (C=O) groups excluding carboxylic acids is 1. The van der Waals surface area contributed by atoms with Crippen LogP contribution in [0, 0.1) is 5.92 Å². The molecule has 0 saturated heterocycles. The molecule has 0 aliphatic carbocycles. The Hall–Kier alpha value is -1.63. The van der Waals surface area contributed by atoms with Crippen LogP contribution in [0.25, 0.3) is 0 Å². The lowest BCUT2D eigenvalue weighted by Crippen LogP contribution is -2.41. The van der Waals surface area contributed by atoms with Gasteiger partial charge < -0.3 is 20.3 Å². The molecule has 1 unspecified atom stereocenters. The fourth-order valence-corrected chi connectivity index (χ4v) is 2.05. The van der Waals surface area contributed by atoms with Gasteiger partial charge in [-0.1, -0.05) is 52.6 Å². The van der Waals surface area contributed by atoms with Crippen LogP contribution < -0.4 is 10.6 Å². The average molecular weight is 312 g/mol. The molecule has 3 N–H and O–H groups in total. The zero-order valence-electron chi connectivity index (χ0n) is 14.1. The summed E-state index contributed by atoms with van der Waals surface area (Å²) in [5.74, 6) is 1.17. The first-order chi connectivity index (χ1) is 10.3. The minimum Gasteiger partial charge on any atom is -0.391 e. The molecule has 1 rings (SSSR count). The van der Waals surface area contributed by atoms with Gasteiger partial charge in [-0.25, -0.2) is 4.79 Å². The highest BCUT2D eigenvalue weighted by Gasteiger charge is 2.22. The molecule has 0 spiro atoms. The molecule has 2 amide bonds. The standard InChI is InChI=1S/C15H28N4O3/c1-6-10(7-2)11(20)8-16-14(21)17-9-12-18-13(22-19-12)15(3,4)5/h10-11,20H,6-9H2,1-5H3,(H2,16,17,21). The van der Waals surface area contributed by atoms with E-state index in [0.717, 1.165) is 12.8 Å². The summed E-state index contributed by atoms with van der Waals surface area (Å²) in [6, 6.07) is -0.355. The number of nitrogens with zero attached hydrogens (tertiary/aromatic N) is 2. The second-order valence-electron chi connectivity index (χ2n) is 6.47. The molecule has 1 atom stereocenters. The van der Waals surface area contributed by atoms with Gasteiger partial charge in [0, 0.05) is 12.0 Å². The fraction of sp³-hybridized carbons (Fsp3) is 0.800. The van der Waals surface area contributed by atoms with E-state index in [4.69, 9.17) is 4.52 Å². The lowest BCUT2D eigenvalue weighted by Gasteiger charge is -2.20. The van der Waals surface area contributed by atoms with Gasteiger partial charge >= 0.3 is 6.03 Å². The molecular weight excluding hydrogens is 284 g/mol. The van der Waals surface area contributed by atoms with Crippen molar-refractivity contribution in [1.82, 2.24) is 20.8 Å². The normalized spacial score (nSPS) is 13.2. The number of rotatable bonds is 7. The highest BCUT2D eigenvalue weighted by Crippen LogP contribution is 2.19. The number of aromatic nitrogens is 2. The molecule has 0 aromatic carbocycles. The largest absolute Gasteiger partial charge is 0.391 e. The minimum absolute atomic E-state index is 0.187. The Bertz CT molecular complexity index is 464. The van der Waals surface area contributed by atoms with Crippen molar-refractivity contribution in [3.8, 4) is 0 Å². The highest BCUT2D eigenvalue weighted by atomic mass is 16.5. The maximum atomic E-state index is 11.7. The molecule has 1 heterocycles. The van der Waals surface area contributed by atoms with Crippen molar-refractivity contribution in [3.63, 3.8) is 0 Å². The molecule has 1 aromatic rings. The summed E-state index contributed by atoms with van der Waals surface area (Å²) in [5, 5.41) is 19.1. The zero-order chi connectivity index (χ0) is 16.8. The van der Waals surface area contributed by atoms with E-state index < -0.39 is 6.10 Å². The second-order valence-corrected chi connectivity index (χ2v) is 6.47. The van der Waals surface area contributed by atoms with Crippen molar-refractivity contribution >= 4 is 6.03 Å². The number of carbonyl (C=O) groups is 1. The van der Waals surface area contributed by atoms with Crippen LogP contribution in [0.5, 0.6) is 0 Å². The Kier molecular flexibility index (Phi) is 6.80. The van der Waals surface area contributed by atoms with Crippen LogP contribution in [-0.4, -0.2) is 33.9 Å². The Labute approximate surface area is 131 Å². The highest BCUT2D eigenvalue weighted by molar-refractivity contribution is 5.73. The third kappa shape index (κ3) is 5.63. The van der Waals surface area contributed by atoms with Gasteiger partial charge in [-0.15, -0.1) is 0 Å². The van der Waals surface area contributed by atoms with Gasteiger partial charge in [-0.3, -0.25) is 0 Å². The second kappa shape index (κ2) is 8.12. The first kappa shape index (κ1) is 18.4. The van der Waals surface area contributed by atoms with E-state index in [0.29, 0.717) is 11.7 Å². The number of amides is 2. The maximum absolute atomic E-state index is 11.7. The average Bonchev–Trinajstić information content (AvgIpc) is 2.93. The maximum Gasteiger partial charge on any atom is 0.315 e. The molecule has 7 heteroatoms. The van der Waals surface area contributed by atoms with Gasteiger partial charge in [-0.05, 0) is 5.92 Å². The number of hydrogen-bond donors (Lipinski definition) is 3. The monoisotopic (exact) mass is 312 g/mol. The van der Waals surface area contributed by atoms with E-state index in [9.17, 15) is 9.90 Å². The molecule has 0 saturated carbocycles. The van der Waals surface area contributed by atoms with Crippen LogP contribution in [-0.2, 0) is 12.0 Å². The number of nitrogens with one attached hydrogen (secondary N) is 2. The molecule has 0 bridgehead atoms. The van der Waals surface area contributed by atoms with Crippen LogP contribution in [0.3, 0.4) is 0 Å². The van der Waals surface area contributed by atoms with Gasteiger partial charge in [0.1, 0.15) is 0 Å². The fourth-order valence-electron chi connectivity index (χ4n) is 2.05. The zero-order valence-corrected chi connectivity index (χ0v) is 14.1. The van der Waals surface area contributed by atoms with Crippen molar-refractivity contribution in [3.05, 3.63) is 11.7 Å². The molecule has 0 fully saturated rings. The van der Waals surface area contributed by atoms with Crippen molar-refractivity contribution in [1.29, 1.82) is 0 Å². The van der Waals surface area contributed by atoms with Crippen LogP contribution in [0.2, 0.25) is 0 Å². The smallest absolute Gasteiger partial charge is 0.315 e. The van der Waals surface area contributed by atoms with Gasteiger partial charge in [0.05, 0.1) is 12.6 Å². The Morgan fingerprint density at radius 2 is 1.91 bits per heavy atom. The van der Waals surface area contributed by atoms with Crippen molar-refractivity contribution in [2.75, 3.05) is 6.54 Å². The van der Waals surface area contributed by atoms with Gasteiger partial charge in [0.2, 0.25) is 5.89 Å². The summed E-state index contributed by atoms with van der Waals surface area (Å²) in [7, 11) is 0. The first-order valence-corrected chi connectivity index (χ1v) is 7.80. The molecule has 126 valence electrons. The third-order valence-corrected chi connectivity index (χ3v) is 3.58. The van der Waals surface area contributed by atoms with E-state index in [1.807, 2.05) is 34.6 Å². The minimum atomic E-state index is -0.529. The Balaban J connectivity index is 2.36. The SMILES string of the molecule is CCC(CC)C(O)CNC(=O)NCc1noc(C(C)(C)C)n1. The lowest BCUT2D eigenvalue weighted by atomic mass is 9.97. The molecular formula is C15H28N4O3. The predicted molar refractivity (Wildman–Crippen MR) is 83.3 cm³/mol. The summed E-state index contributed by atoms with van der Waals surface area (Å²) in [4.78, 5) is 15.9. The summed E-state index contributed by atoms with van der Waals surface area (Å²) < 4.78 is 5.15. The topological polar surface area (TPSA) is 100 Å². The van der Waals surface area contributed by atoms with Gasteiger partial charge in [0.15, 0.2) is 5.82 Å². The van der Waals surface area contributed by atoms with Gasteiger partial charge in [-0.2, -0.15) is 4.98 Å². The molecule has 1 aromatic heterocycles. The summed E-state index contributed by atoms with van der Waals surface area (Å²) >= 11 is 0. The number of urea groups is 1. The summed E-state index contributed by atoms with van der Waals surface area (Å²) in [5.41, 5.74) is -0.215. The summed E-state index contributed by atoms with van der Waals surface area (Å²) in [6.07, 6.45) is 1.25. The van der Waals surface area contributed by atoms with Crippen LogP contribution in [0.1, 0.15) is 59.2 Å². The molecule has 22 heavy (non-hydrogen) atoms. The van der Waals surface area contributed by atoms with Crippen LogP contribution in [0.15, 0.2) is 4.52 Å². The number of aliphatic hydroxyl groups is 1. The van der Waals surface area contributed by atoms with Gasteiger partial charge in [0.25, 0.3) is 0 Å². The van der Waals surface area contributed by atoms with Crippen molar-refractivity contribution < 1.29 is 14.4 Å². The Morgan fingerprint density at radius 1 is 1.27 bits per heavy atom. The molecule has 0 aliphatic rings. The van der Waals surface area contributed by atoms with E-state index >= 15 is 0 Å². The molecule has 7 nitrogen and oxygen atoms in total. The quantitative estimate of drug-likeness (QED) is 0.714. The van der Waals surface area contributed by atoms with E-state index in [1.165, 1.54) is 0 Å².